The first-order valence-electron chi connectivity index (χ1n) is 7.73. The molecule has 142 valence electrons. The van der Waals surface area contributed by atoms with E-state index in [0.29, 0.717) is 10.2 Å². The Balaban J connectivity index is 1.91. The molecule has 0 aliphatic heterocycles. The van der Waals surface area contributed by atoms with Crippen molar-refractivity contribution in [2.24, 2.45) is 0 Å². The summed E-state index contributed by atoms with van der Waals surface area (Å²) < 4.78 is 39.7. The number of halogens is 4. The Morgan fingerprint density at radius 1 is 1.33 bits per heavy atom. The molecule has 0 saturated heterocycles. The van der Waals surface area contributed by atoms with Crippen LogP contribution < -0.4 is 10.9 Å². The van der Waals surface area contributed by atoms with E-state index in [1.165, 1.54) is 24.6 Å². The second-order valence-corrected chi connectivity index (χ2v) is 7.53. The number of hydrogen-bond donors (Lipinski definition) is 1. The number of benzene rings is 1. The maximum Gasteiger partial charge on any atom is 0.416 e. The molecule has 0 aliphatic rings. The average Bonchev–Trinajstić information content (AvgIpc) is 2.97. The van der Waals surface area contributed by atoms with Crippen LogP contribution in [0.5, 0.6) is 0 Å². The number of aromatic nitrogens is 2. The predicted octanol–water partition coefficient (Wildman–Crippen LogP) is 4.64. The van der Waals surface area contributed by atoms with E-state index in [2.05, 4.69) is 10.3 Å². The molecule has 3 aromatic rings. The number of aryl methyl sites for hydroxylation is 1. The van der Waals surface area contributed by atoms with E-state index < -0.39 is 29.2 Å². The monoisotopic (exact) mass is 415 g/mol. The van der Waals surface area contributed by atoms with Crippen LogP contribution in [0.4, 0.5) is 18.9 Å². The first-order valence-corrected chi connectivity index (χ1v) is 8.92. The first-order chi connectivity index (χ1) is 12.6. The molecule has 0 fully saturated rings. The number of hydrogen-bond acceptors (Lipinski definition) is 4. The van der Waals surface area contributed by atoms with Crippen LogP contribution in [0.15, 0.2) is 35.4 Å². The summed E-state index contributed by atoms with van der Waals surface area (Å²) in [6.07, 6.45) is -3.32. The van der Waals surface area contributed by atoms with Gasteiger partial charge in [0.25, 0.3) is 5.56 Å². The lowest BCUT2D eigenvalue weighted by Crippen LogP contribution is -2.31. The molecule has 3 rings (SSSR count). The number of fused-ring (bicyclic) bond motifs is 1. The van der Waals surface area contributed by atoms with Gasteiger partial charge >= 0.3 is 6.18 Å². The van der Waals surface area contributed by atoms with Crippen LogP contribution in [-0.2, 0) is 11.0 Å². The number of nitrogens with one attached hydrogen (secondary N) is 1. The minimum atomic E-state index is -4.57. The SMILES string of the molecule is Cc1cc2c(=O)n(C(C)C(=O)Nc3cc(C(F)(F)F)ccc3Cl)cnc2s1. The standard InChI is InChI=1S/C17H13ClF3N3O2S/c1-8-5-11-15(27-8)22-7-24(16(11)26)9(2)14(25)23-13-6-10(17(19,20)21)3-4-12(13)18/h3-7,9H,1-2H3,(H,23,25). The molecule has 1 N–H and O–H groups in total. The van der Waals surface area contributed by atoms with Crippen LogP contribution in [0, 0.1) is 6.92 Å². The first kappa shape index (κ1) is 19.4. The molecule has 1 atom stereocenters. The summed E-state index contributed by atoms with van der Waals surface area (Å²) in [7, 11) is 0. The molecule has 10 heteroatoms. The van der Waals surface area contributed by atoms with E-state index >= 15 is 0 Å². The molecule has 0 bridgehead atoms. The predicted molar refractivity (Wildman–Crippen MR) is 98.4 cm³/mol. The van der Waals surface area contributed by atoms with E-state index in [1.54, 1.807) is 6.07 Å². The van der Waals surface area contributed by atoms with Gasteiger partial charge in [-0.05, 0) is 38.1 Å². The maximum atomic E-state index is 12.9. The van der Waals surface area contributed by atoms with Crippen molar-refractivity contribution in [2.45, 2.75) is 26.1 Å². The number of carbonyl (C=O) groups excluding carboxylic acids is 1. The Morgan fingerprint density at radius 2 is 2.04 bits per heavy atom. The topological polar surface area (TPSA) is 64.0 Å². The smallest absolute Gasteiger partial charge is 0.323 e. The third kappa shape index (κ3) is 3.84. The number of carbonyl (C=O) groups is 1. The minimum Gasteiger partial charge on any atom is -0.323 e. The fourth-order valence-electron chi connectivity index (χ4n) is 2.49. The van der Waals surface area contributed by atoms with Gasteiger partial charge in [-0.2, -0.15) is 13.2 Å². The van der Waals surface area contributed by atoms with Crippen LogP contribution in [0.25, 0.3) is 10.2 Å². The van der Waals surface area contributed by atoms with Gasteiger partial charge in [0.15, 0.2) is 0 Å². The van der Waals surface area contributed by atoms with E-state index in [0.717, 1.165) is 27.6 Å². The Morgan fingerprint density at radius 3 is 2.70 bits per heavy atom. The van der Waals surface area contributed by atoms with Crippen LogP contribution in [-0.4, -0.2) is 15.5 Å². The third-order valence-corrected chi connectivity index (χ3v) is 5.24. The summed E-state index contributed by atoms with van der Waals surface area (Å²) in [5.74, 6) is -0.688. The Bertz CT molecular complexity index is 1090. The lowest BCUT2D eigenvalue weighted by molar-refractivity contribution is -0.137. The molecule has 0 spiro atoms. The second kappa shape index (κ2) is 6.97. The van der Waals surface area contributed by atoms with Crippen LogP contribution in [0.1, 0.15) is 23.4 Å². The summed E-state index contributed by atoms with van der Waals surface area (Å²) in [5, 5.41) is 2.69. The fraction of sp³-hybridized carbons (Fsp3) is 0.235. The quantitative estimate of drug-likeness (QED) is 0.677. The van der Waals surface area contributed by atoms with Crippen molar-refractivity contribution in [1.29, 1.82) is 0 Å². The van der Waals surface area contributed by atoms with Crippen molar-refractivity contribution in [1.82, 2.24) is 9.55 Å². The zero-order valence-electron chi connectivity index (χ0n) is 14.1. The lowest BCUT2D eigenvalue weighted by atomic mass is 10.2. The summed E-state index contributed by atoms with van der Waals surface area (Å²) in [5.41, 5.74) is -1.53. The van der Waals surface area contributed by atoms with Crippen molar-refractivity contribution in [3.63, 3.8) is 0 Å². The van der Waals surface area contributed by atoms with Gasteiger partial charge in [-0.25, -0.2) is 4.98 Å². The highest BCUT2D eigenvalue weighted by Crippen LogP contribution is 2.34. The molecule has 1 aromatic carbocycles. The van der Waals surface area contributed by atoms with Gasteiger partial charge in [0.1, 0.15) is 10.9 Å². The largest absolute Gasteiger partial charge is 0.416 e. The number of amides is 1. The van der Waals surface area contributed by atoms with Crippen molar-refractivity contribution >= 4 is 44.7 Å². The third-order valence-electron chi connectivity index (χ3n) is 3.95. The van der Waals surface area contributed by atoms with Gasteiger partial charge in [-0.3, -0.25) is 14.2 Å². The zero-order valence-corrected chi connectivity index (χ0v) is 15.7. The Hall–Kier alpha value is -2.39. The number of rotatable bonds is 3. The molecule has 0 radical (unpaired) electrons. The van der Waals surface area contributed by atoms with Crippen molar-refractivity contribution < 1.29 is 18.0 Å². The number of nitrogens with zero attached hydrogens (tertiary/aromatic N) is 2. The Kier molecular flexibility index (Phi) is 5.00. The Labute approximate surface area is 160 Å². The van der Waals surface area contributed by atoms with Crippen LogP contribution in [0.3, 0.4) is 0 Å². The lowest BCUT2D eigenvalue weighted by Gasteiger charge is -2.16. The van der Waals surface area contributed by atoms with Gasteiger partial charge in [-0.15, -0.1) is 11.3 Å². The summed E-state index contributed by atoms with van der Waals surface area (Å²) in [4.78, 5) is 30.7. The summed E-state index contributed by atoms with van der Waals surface area (Å²) in [6.45, 7) is 3.28. The number of thiophene rings is 1. The molecule has 5 nitrogen and oxygen atoms in total. The zero-order chi connectivity index (χ0) is 19.9. The molecule has 0 saturated carbocycles. The van der Waals surface area contributed by atoms with Gasteiger partial charge in [0.05, 0.1) is 28.0 Å². The highest BCUT2D eigenvalue weighted by atomic mass is 35.5. The molecular formula is C17H13ClF3N3O2S. The summed E-state index contributed by atoms with van der Waals surface area (Å²) in [6, 6.07) is 3.31. The van der Waals surface area contributed by atoms with Gasteiger partial charge in [-0.1, -0.05) is 11.6 Å². The molecule has 27 heavy (non-hydrogen) atoms. The maximum absolute atomic E-state index is 12.9. The molecule has 1 amide bonds. The van der Waals surface area contributed by atoms with E-state index in [9.17, 15) is 22.8 Å². The minimum absolute atomic E-state index is 0.0436. The van der Waals surface area contributed by atoms with Gasteiger partial charge < -0.3 is 5.32 Å². The van der Waals surface area contributed by atoms with Crippen molar-refractivity contribution in [3.8, 4) is 0 Å². The van der Waals surface area contributed by atoms with Gasteiger partial charge in [0, 0.05) is 4.88 Å². The molecule has 1 unspecified atom stereocenters. The molecule has 2 aromatic heterocycles. The highest BCUT2D eigenvalue weighted by molar-refractivity contribution is 7.18. The number of anilines is 1. The van der Waals surface area contributed by atoms with Crippen LogP contribution in [0.2, 0.25) is 5.02 Å². The molecule has 2 heterocycles. The molecular weight excluding hydrogens is 403 g/mol. The number of alkyl halides is 3. The van der Waals surface area contributed by atoms with Gasteiger partial charge in [0.2, 0.25) is 5.91 Å². The second-order valence-electron chi connectivity index (χ2n) is 5.89. The summed E-state index contributed by atoms with van der Waals surface area (Å²) >= 11 is 7.25. The van der Waals surface area contributed by atoms with Crippen molar-refractivity contribution in [2.75, 3.05) is 5.32 Å². The fourth-order valence-corrected chi connectivity index (χ4v) is 3.50. The van der Waals surface area contributed by atoms with E-state index in [-0.39, 0.29) is 10.7 Å². The van der Waals surface area contributed by atoms with Crippen LogP contribution >= 0.6 is 22.9 Å². The van der Waals surface area contributed by atoms with Crippen molar-refractivity contribution in [3.05, 3.63) is 56.4 Å². The van der Waals surface area contributed by atoms with E-state index in [1.807, 2.05) is 6.92 Å². The highest BCUT2D eigenvalue weighted by Gasteiger charge is 2.31. The van der Waals surface area contributed by atoms with E-state index in [4.69, 9.17) is 11.6 Å². The molecule has 0 aliphatic carbocycles. The normalized spacial score (nSPS) is 13.0. The average molecular weight is 416 g/mol.